The van der Waals surface area contributed by atoms with Gasteiger partial charge in [0, 0.05) is 23.3 Å². The molecule has 0 radical (unpaired) electrons. The molecule has 0 aliphatic heterocycles. The van der Waals surface area contributed by atoms with Crippen molar-refractivity contribution in [3.8, 4) is 0 Å². The van der Waals surface area contributed by atoms with Crippen LogP contribution >= 0.6 is 11.3 Å². The molecule has 0 bridgehead atoms. The molecule has 2 heterocycles. The lowest BCUT2D eigenvalue weighted by Crippen LogP contribution is -2.35. The molecule has 0 saturated carbocycles. The third-order valence-corrected chi connectivity index (χ3v) is 3.25. The predicted molar refractivity (Wildman–Crippen MR) is 66.8 cm³/mol. The van der Waals surface area contributed by atoms with Gasteiger partial charge in [0.2, 0.25) is 5.91 Å². The monoisotopic (exact) mass is 235 g/mol. The first-order valence-electron chi connectivity index (χ1n) is 5.02. The fraction of sp³-hybridized carbons (Fsp3) is 0.273. The molecule has 2 aromatic rings. The zero-order valence-electron chi connectivity index (χ0n) is 9.15. The Kier molecular flexibility index (Phi) is 3.05. The number of thiophene rings is 1. The number of hydrogen-bond acceptors (Lipinski definition) is 4. The van der Waals surface area contributed by atoms with Crippen molar-refractivity contribution in [1.82, 2.24) is 10.3 Å². The molecule has 0 aliphatic rings. The van der Waals surface area contributed by atoms with Gasteiger partial charge >= 0.3 is 0 Å². The van der Waals surface area contributed by atoms with Gasteiger partial charge < -0.3 is 10.6 Å². The molecule has 84 valence electrons. The van der Waals surface area contributed by atoms with Crippen LogP contribution in [0.4, 0.5) is 5.82 Å². The number of nitrogens with zero attached hydrogens (tertiary/aromatic N) is 1. The summed E-state index contributed by atoms with van der Waals surface area (Å²) < 4.78 is 1.17. The van der Waals surface area contributed by atoms with Crippen LogP contribution in [-0.2, 0) is 4.79 Å². The highest BCUT2D eigenvalue weighted by Crippen LogP contribution is 2.25. The van der Waals surface area contributed by atoms with E-state index in [9.17, 15) is 4.79 Å². The second-order valence-corrected chi connectivity index (χ2v) is 4.42. The van der Waals surface area contributed by atoms with E-state index in [4.69, 9.17) is 0 Å². The van der Waals surface area contributed by atoms with Gasteiger partial charge in [-0.25, -0.2) is 4.98 Å². The molecule has 0 saturated heterocycles. The quantitative estimate of drug-likeness (QED) is 0.853. The summed E-state index contributed by atoms with van der Waals surface area (Å²) in [5.74, 6) is 0.712. The number of hydrogen-bond donors (Lipinski definition) is 2. The molecule has 1 unspecified atom stereocenters. The van der Waals surface area contributed by atoms with Gasteiger partial charge in [-0.1, -0.05) is 0 Å². The summed E-state index contributed by atoms with van der Waals surface area (Å²) in [6.45, 7) is 1.81. The van der Waals surface area contributed by atoms with Crippen LogP contribution in [0.3, 0.4) is 0 Å². The molecular weight excluding hydrogens is 222 g/mol. The van der Waals surface area contributed by atoms with Crippen molar-refractivity contribution in [1.29, 1.82) is 0 Å². The number of carbonyl (C=O) groups excluding carboxylic acids is 1. The van der Waals surface area contributed by atoms with Gasteiger partial charge in [-0.2, -0.15) is 0 Å². The third kappa shape index (κ3) is 1.99. The first-order chi connectivity index (χ1) is 7.72. The maximum atomic E-state index is 11.4. The van der Waals surface area contributed by atoms with Crippen molar-refractivity contribution in [3.63, 3.8) is 0 Å². The number of aromatic nitrogens is 1. The predicted octanol–water partition coefficient (Wildman–Crippen LogP) is 1.84. The Hall–Kier alpha value is -1.62. The highest BCUT2D eigenvalue weighted by atomic mass is 32.1. The SMILES string of the molecule is CNC(=O)C(C)Nc1nccc2sccc12. The zero-order valence-corrected chi connectivity index (χ0v) is 9.97. The summed E-state index contributed by atoms with van der Waals surface area (Å²) in [6.07, 6.45) is 1.75. The van der Waals surface area contributed by atoms with Crippen LogP contribution in [0.5, 0.6) is 0 Å². The number of carbonyl (C=O) groups is 1. The van der Waals surface area contributed by atoms with Crippen molar-refractivity contribution >= 4 is 33.1 Å². The van der Waals surface area contributed by atoms with Crippen LogP contribution in [0.25, 0.3) is 10.1 Å². The molecule has 1 atom stereocenters. The van der Waals surface area contributed by atoms with Gasteiger partial charge in [-0.15, -0.1) is 11.3 Å². The number of rotatable bonds is 3. The summed E-state index contributed by atoms with van der Waals surface area (Å²) in [5.41, 5.74) is 0. The molecule has 4 nitrogen and oxygen atoms in total. The Morgan fingerprint density at radius 1 is 1.50 bits per heavy atom. The number of likely N-dealkylation sites (N-methyl/N-ethyl adjacent to an activating group) is 1. The lowest BCUT2D eigenvalue weighted by Gasteiger charge is -2.13. The molecular formula is C11H13N3OS. The first-order valence-corrected chi connectivity index (χ1v) is 5.90. The van der Waals surface area contributed by atoms with E-state index < -0.39 is 0 Å². The highest BCUT2D eigenvalue weighted by molar-refractivity contribution is 7.17. The molecule has 1 amide bonds. The Morgan fingerprint density at radius 3 is 3.06 bits per heavy atom. The summed E-state index contributed by atoms with van der Waals surface area (Å²) in [7, 11) is 1.62. The van der Waals surface area contributed by atoms with Crippen molar-refractivity contribution in [2.45, 2.75) is 13.0 Å². The molecule has 16 heavy (non-hydrogen) atoms. The number of anilines is 1. The number of amides is 1. The fourth-order valence-electron chi connectivity index (χ4n) is 1.50. The Morgan fingerprint density at radius 2 is 2.31 bits per heavy atom. The minimum absolute atomic E-state index is 0.0472. The van der Waals surface area contributed by atoms with Crippen LogP contribution < -0.4 is 10.6 Å². The van der Waals surface area contributed by atoms with E-state index in [2.05, 4.69) is 15.6 Å². The minimum Gasteiger partial charge on any atom is -0.358 e. The fourth-order valence-corrected chi connectivity index (χ4v) is 2.28. The topological polar surface area (TPSA) is 54.0 Å². The van der Waals surface area contributed by atoms with Crippen molar-refractivity contribution in [2.75, 3.05) is 12.4 Å². The molecule has 2 rings (SSSR count). The molecule has 2 N–H and O–H groups in total. The maximum absolute atomic E-state index is 11.4. The van der Waals surface area contributed by atoms with E-state index >= 15 is 0 Å². The largest absolute Gasteiger partial charge is 0.358 e. The maximum Gasteiger partial charge on any atom is 0.241 e. The molecule has 0 aliphatic carbocycles. The number of fused-ring (bicyclic) bond motifs is 1. The van der Waals surface area contributed by atoms with Crippen LogP contribution in [0, 0.1) is 0 Å². The summed E-state index contributed by atoms with van der Waals surface area (Å²) in [4.78, 5) is 15.6. The average Bonchev–Trinajstić information content (AvgIpc) is 2.77. The van der Waals surface area contributed by atoms with Gasteiger partial charge in [0.05, 0.1) is 0 Å². The lowest BCUT2D eigenvalue weighted by molar-refractivity contribution is -0.121. The summed E-state index contributed by atoms with van der Waals surface area (Å²) >= 11 is 1.66. The highest BCUT2D eigenvalue weighted by Gasteiger charge is 2.12. The standard InChI is InChI=1S/C11H13N3OS/c1-7(11(15)12-2)14-10-8-4-6-16-9(8)3-5-13-10/h3-7H,1-2H3,(H,12,15)(H,13,14). The minimum atomic E-state index is -0.289. The third-order valence-electron chi connectivity index (χ3n) is 2.37. The van der Waals surface area contributed by atoms with Gasteiger partial charge in [-0.05, 0) is 24.4 Å². The number of pyridine rings is 1. The Labute approximate surface area is 97.7 Å². The molecule has 2 aromatic heterocycles. The molecule has 0 spiro atoms. The van der Waals surface area contributed by atoms with Crippen LogP contribution in [-0.4, -0.2) is 24.0 Å². The second-order valence-electron chi connectivity index (χ2n) is 3.47. The normalized spacial score (nSPS) is 12.4. The molecule has 0 aromatic carbocycles. The van der Waals surface area contributed by atoms with Crippen LogP contribution in [0.1, 0.15) is 6.92 Å². The zero-order chi connectivity index (χ0) is 11.5. The van der Waals surface area contributed by atoms with E-state index in [0.717, 1.165) is 11.2 Å². The van der Waals surface area contributed by atoms with Crippen LogP contribution in [0.2, 0.25) is 0 Å². The first kappa shape index (κ1) is 10.9. The smallest absolute Gasteiger partial charge is 0.241 e. The second kappa shape index (κ2) is 4.49. The van der Waals surface area contributed by atoms with Crippen molar-refractivity contribution < 1.29 is 4.79 Å². The van der Waals surface area contributed by atoms with Gasteiger partial charge in [0.15, 0.2) is 0 Å². The number of nitrogens with one attached hydrogen (secondary N) is 2. The van der Waals surface area contributed by atoms with Crippen molar-refractivity contribution in [2.24, 2.45) is 0 Å². The molecule has 0 fully saturated rings. The van der Waals surface area contributed by atoms with Gasteiger partial charge in [0.25, 0.3) is 0 Å². The van der Waals surface area contributed by atoms with Gasteiger partial charge in [-0.3, -0.25) is 4.79 Å². The summed E-state index contributed by atoms with van der Waals surface area (Å²) in [5, 5.41) is 8.78. The van der Waals surface area contributed by atoms with E-state index in [0.29, 0.717) is 0 Å². The van der Waals surface area contributed by atoms with Crippen molar-refractivity contribution in [3.05, 3.63) is 23.7 Å². The Bertz CT molecular complexity index is 509. The van der Waals surface area contributed by atoms with E-state index in [1.54, 1.807) is 24.6 Å². The van der Waals surface area contributed by atoms with E-state index in [1.807, 2.05) is 24.4 Å². The Balaban J connectivity index is 2.27. The summed E-state index contributed by atoms with van der Waals surface area (Å²) in [6, 6.07) is 3.68. The van der Waals surface area contributed by atoms with E-state index in [-0.39, 0.29) is 11.9 Å². The average molecular weight is 235 g/mol. The van der Waals surface area contributed by atoms with E-state index in [1.165, 1.54) is 4.70 Å². The lowest BCUT2D eigenvalue weighted by atomic mass is 10.2. The van der Waals surface area contributed by atoms with Crippen LogP contribution in [0.15, 0.2) is 23.7 Å². The van der Waals surface area contributed by atoms with Gasteiger partial charge in [0.1, 0.15) is 11.9 Å². The molecule has 5 heteroatoms.